The molecule has 1 fully saturated rings. The number of fused-ring (bicyclic) bond motifs is 1. The normalized spacial score (nSPS) is 21.7. The number of ether oxygens (including phenoxy) is 1. The Hall–Kier alpha value is -1.79. The molecule has 31 heavy (non-hydrogen) atoms. The van der Waals surface area contributed by atoms with Crippen LogP contribution in [0.1, 0.15) is 37.3 Å². The second-order valence-corrected chi connectivity index (χ2v) is 10.2. The van der Waals surface area contributed by atoms with Crippen molar-refractivity contribution in [3.63, 3.8) is 0 Å². The summed E-state index contributed by atoms with van der Waals surface area (Å²) in [4.78, 5) is 6.00. The molecule has 0 amide bonds. The Labute approximate surface area is 193 Å². The Morgan fingerprint density at radius 3 is 2.55 bits per heavy atom. The second kappa shape index (κ2) is 8.62. The first-order chi connectivity index (χ1) is 14.8. The molecule has 0 saturated carbocycles. The molecule has 1 aliphatic heterocycles. The fourth-order valence-electron chi connectivity index (χ4n) is 4.72. The van der Waals surface area contributed by atoms with E-state index >= 15 is 0 Å². The van der Waals surface area contributed by atoms with Gasteiger partial charge in [0.2, 0.25) is 5.88 Å². The van der Waals surface area contributed by atoms with Crippen LogP contribution in [0.15, 0.2) is 53.4 Å². The molecule has 2 N–H and O–H groups in total. The van der Waals surface area contributed by atoms with Crippen LogP contribution in [0.3, 0.4) is 0 Å². The van der Waals surface area contributed by atoms with Crippen LogP contribution in [-0.2, 0) is 0 Å². The zero-order valence-corrected chi connectivity index (χ0v) is 20.0. The summed E-state index contributed by atoms with van der Waals surface area (Å²) in [6.45, 7) is 5.72. The number of hydrogen-bond donors (Lipinski definition) is 2. The van der Waals surface area contributed by atoms with Crippen molar-refractivity contribution in [3.05, 3.63) is 64.7 Å². The van der Waals surface area contributed by atoms with Gasteiger partial charge in [-0.25, -0.2) is 4.98 Å². The topological polar surface area (TPSA) is 54.4 Å². The summed E-state index contributed by atoms with van der Waals surface area (Å²) < 4.78 is 5.77. The monoisotopic (exact) mass is 456 g/mol. The minimum absolute atomic E-state index is 0.313. The van der Waals surface area contributed by atoms with Gasteiger partial charge >= 0.3 is 0 Å². The van der Waals surface area contributed by atoms with Gasteiger partial charge in [-0.2, -0.15) is 0 Å². The lowest BCUT2D eigenvalue weighted by Crippen LogP contribution is -2.59. The highest BCUT2D eigenvalue weighted by Gasteiger charge is 2.52. The summed E-state index contributed by atoms with van der Waals surface area (Å²) in [5, 5.41) is 17.4. The molecule has 0 aliphatic carbocycles. The van der Waals surface area contributed by atoms with Crippen molar-refractivity contribution in [2.45, 2.75) is 36.7 Å². The van der Waals surface area contributed by atoms with Crippen molar-refractivity contribution in [1.29, 1.82) is 0 Å². The third kappa shape index (κ3) is 4.05. The van der Waals surface area contributed by atoms with Gasteiger partial charge in [-0.1, -0.05) is 37.6 Å². The van der Waals surface area contributed by atoms with E-state index in [2.05, 4.69) is 43.6 Å². The maximum Gasteiger partial charge on any atom is 0.217 e. The first-order valence-electron chi connectivity index (χ1n) is 10.5. The lowest BCUT2D eigenvalue weighted by molar-refractivity contribution is -0.0998. The van der Waals surface area contributed by atoms with E-state index < -0.39 is 5.60 Å². The maximum absolute atomic E-state index is 12.3. The molecule has 6 heteroatoms. The zero-order valence-electron chi connectivity index (χ0n) is 18.4. The fourth-order valence-corrected chi connectivity index (χ4v) is 5.30. The third-order valence-electron chi connectivity index (χ3n) is 6.62. The number of pyridine rings is 1. The smallest absolute Gasteiger partial charge is 0.217 e. The Morgan fingerprint density at radius 2 is 1.90 bits per heavy atom. The Balaban J connectivity index is 1.99. The van der Waals surface area contributed by atoms with E-state index in [0.717, 1.165) is 35.1 Å². The van der Waals surface area contributed by atoms with Crippen molar-refractivity contribution >= 4 is 34.3 Å². The quantitative estimate of drug-likeness (QED) is 0.496. The molecular weight excluding hydrogens is 428 g/mol. The molecule has 2 heterocycles. The molecule has 0 bridgehead atoms. The Morgan fingerprint density at radius 1 is 1.16 bits per heavy atom. The van der Waals surface area contributed by atoms with E-state index in [1.165, 1.54) is 4.90 Å². The van der Waals surface area contributed by atoms with Crippen LogP contribution in [0.2, 0.25) is 5.02 Å². The Kier molecular flexibility index (Phi) is 6.23. The summed E-state index contributed by atoms with van der Waals surface area (Å²) in [6, 6.07) is 16.1. The molecule has 2 aromatic carbocycles. The van der Waals surface area contributed by atoms with Crippen LogP contribution in [-0.4, -0.2) is 42.1 Å². The molecule has 1 saturated heterocycles. The first-order valence-corrected chi connectivity index (χ1v) is 12.1. The molecule has 2 unspecified atom stereocenters. The first kappa shape index (κ1) is 22.4. The SMILES string of the molecule is COc1nc2ccc(SC)cc2cc1C(c1ccc(Cl)cc1)C1(O)CCNCC1(C)C. The molecule has 3 aromatic rings. The van der Waals surface area contributed by atoms with E-state index in [1.54, 1.807) is 18.9 Å². The van der Waals surface area contributed by atoms with Crippen LogP contribution >= 0.6 is 23.4 Å². The van der Waals surface area contributed by atoms with Crippen molar-refractivity contribution in [1.82, 2.24) is 10.3 Å². The molecule has 4 rings (SSSR count). The van der Waals surface area contributed by atoms with Gasteiger partial charge < -0.3 is 15.2 Å². The number of benzene rings is 2. The molecular formula is C25H29ClN2O2S. The van der Waals surface area contributed by atoms with Gasteiger partial charge in [-0.05, 0) is 61.2 Å². The highest BCUT2D eigenvalue weighted by Crippen LogP contribution is 2.51. The summed E-state index contributed by atoms with van der Waals surface area (Å²) in [5.74, 6) is 0.235. The summed E-state index contributed by atoms with van der Waals surface area (Å²) in [6.07, 6.45) is 2.69. The van der Waals surface area contributed by atoms with Gasteiger partial charge in [-0.15, -0.1) is 11.8 Å². The van der Waals surface area contributed by atoms with Crippen molar-refractivity contribution < 1.29 is 9.84 Å². The molecule has 1 aromatic heterocycles. The van der Waals surface area contributed by atoms with Crippen LogP contribution in [0.5, 0.6) is 5.88 Å². The van der Waals surface area contributed by atoms with Crippen LogP contribution in [0, 0.1) is 5.41 Å². The van der Waals surface area contributed by atoms with Crippen molar-refractivity contribution in [2.75, 3.05) is 26.5 Å². The zero-order chi connectivity index (χ0) is 22.2. The number of nitrogens with one attached hydrogen (secondary N) is 1. The van der Waals surface area contributed by atoms with Gasteiger partial charge in [0, 0.05) is 38.7 Å². The number of aliphatic hydroxyl groups is 1. The van der Waals surface area contributed by atoms with Gasteiger partial charge in [-0.3, -0.25) is 0 Å². The minimum Gasteiger partial charge on any atom is -0.481 e. The Bertz CT molecular complexity index is 1090. The number of halogens is 1. The van der Waals surface area contributed by atoms with Crippen LogP contribution < -0.4 is 10.1 Å². The second-order valence-electron chi connectivity index (χ2n) is 8.86. The minimum atomic E-state index is -0.994. The average molecular weight is 457 g/mol. The number of piperidine rings is 1. The molecule has 0 spiro atoms. The van der Waals surface area contributed by atoms with E-state index in [9.17, 15) is 5.11 Å². The number of aromatic nitrogens is 1. The van der Waals surface area contributed by atoms with Crippen LogP contribution in [0.4, 0.5) is 0 Å². The van der Waals surface area contributed by atoms with E-state index in [4.69, 9.17) is 21.3 Å². The standard InChI is InChI=1S/C25H29ClN2O2S/c1-24(2)15-27-12-11-25(24,29)22(16-5-7-18(26)8-6-16)20-14-17-13-19(31-4)9-10-21(17)28-23(20)30-3/h5-10,13-14,22,27,29H,11-12,15H2,1-4H3. The number of nitrogens with zero attached hydrogens (tertiary/aromatic N) is 1. The van der Waals surface area contributed by atoms with E-state index in [-0.39, 0.29) is 11.3 Å². The fraction of sp³-hybridized carbons (Fsp3) is 0.400. The highest BCUT2D eigenvalue weighted by molar-refractivity contribution is 7.98. The number of hydrogen-bond acceptors (Lipinski definition) is 5. The predicted molar refractivity (Wildman–Crippen MR) is 130 cm³/mol. The number of methoxy groups -OCH3 is 1. The summed E-state index contributed by atoms with van der Waals surface area (Å²) >= 11 is 7.90. The largest absolute Gasteiger partial charge is 0.481 e. The molecule has 2 atom stereocenters. The van der Waals surface area contributed by atoms with E-state index in [0.29, 0.717) is 17.3 Å². The molecule has 4 nitrogen and oxygen atoms in total. The number of thioether (sulfide) groups is 1. The lowest BCUT2D eigenvalue weighted by atomic mass is 9.61. The molecule has 1 aliphatic rings. The van der Waals surface area contributed by atoms with E-state index in [1.807, 2.05) is 30.3 Å². The molecule has 0 radical (unpaired) electrons. The van der Waals surface area contributed by atoms with Crippen LogP contribution in [0.25, 0.3) is 10.9 Å². The number of rotatable bonds is 5. The van der Waals surface area contributed by atoms with Crippen molar-refractivity contribution in [2.24, 2.45) is 5.41 Å². The average Bonchev–Trinajstić information content (AvgIpc) is 2.76. The molecule has 164 valence electrons. The van der Waals surface area contributed by atoms with Gasteiger partial charge in [0.05, 0.1) is 18.2 Å². The summed E-state index contributed by atoms with van der Waals surface area (Å²) in [5.41, 5.74) is 1.42. The summed E-state index contributed by atoms with van der Waals surface area (Å²) in [7, 11) is 1.64. The van der Waals surface area contributed by atoms with Crippen molar-refractivity contribution in [3.8, 4) is 5.88 Å². The lowest BCUT2D eigenvalue weighted by Gasteiger charge is -2.51. The maximum atomic E-state index is 12.3. The van der Waals surface area contributed by atoms with Gasteiger partial charge in [0.25, 0.3) is 0 Å². The van der Waals surface area contributed by atoms with Gasteiger partial charge in [0.1, 0.15) is 0 Å². The third-order valence-corrected chi connectivity index (χ3v) is 7.60. The highest BCUT2D eigenvalue weighted by atomic mass is 35.5. The van der Waals surface area contributed by atoms with Gasteiger partial charge in [0.15, 0.2) is 0 Å². The predicted octanol–water partition coefficient (Wildman–Crippen LogP) is 5.50.